The summed E-state index contributed by atoms with van der Waals surface area (Å²) in [6.45, 7) is 6.51. The molecular formula is C17H21NO2. The number of carbonyl (C=O) groups is 1. The fourth-order valence-electron chi connectivity index (χ4n) is 3.64. The number of benzene rings is 1. The van der Waals surface area contributed by atoms with Gasteiger partial charge in [-0.2, -0.15) is 0 Å². The summed E-state index contributed by atoms with van der Waals surface area (Å²) in [5.41, 5.74) is 3.16. The molecule has 3 heteroatoms. The Morgan fingerprint density at radius 1 is 1.35 bits per heavy atom. The van der Waals surface area contributed by atoms with Crippen molar-refractivity contribution in [2.45, 2.75) is 27.2 Å². The molecule has 2 aliphatic rings. The van der Waals surface area contributed by atoms with Gasteiger partial charge in [0.15, 0.2) is 5.78 Å². The number of ether oxygens (including phenoxy) is 1. The van der Waals surface area contributed by atoms with Crippen molar-refractivity contribution in [2.24, 2.45) is 17.3 Å². The van der Waals surface area contributed by atoms with Crippen molar-refractivity contribution in [3.63, 3.8) is 0 Å². The highest BCUT2D eigenvalue weighted by molar-refractivity contribution is 6.01. The van der Waals surface area contributed by atoms with Gasteiger partial charge in [-0.3, -0.25) is 4.79 Å². The van der Waals surface area contributed by atoms with Crippen molar-refractivity contribution in [2.75, 3.05) is 12.4 Å². The van der Waals surface area contributed by atoms with Crippen LogP contribution in [0.5, 0.6) is 5.75 Å². The number of fused-ring (bicyclic) bond motifs is 1. The Hall–Kier alpha value is -1.77. The van der Waals surface area contributed by atoms with E-state index in [1.54, 1.807) is 7.11 Å². The molecule has 0 spiro atoms. The second-order valence-electron chi connectivity index (χ2n) is 6.40. The Balaban J connectivity index is 1.91. The zero-order valence-electron chi connectivity index (χ0n) is 12.5. The van der Waals surface area contributed by atoms with Crippen LogP contribution in [0.25, 0.3) is 0 Å². The molecule has 1 aromatic rings. The maximum absolute atomic E-state index is 12.2. The smallest absolute Gasteiger partial charge is 0.161 e. The summed E-state index contributed by atoms with van der Waals surface area (Å²) >= 11 is 0. The van der Waals surface area contributed by atoms with Gasteiger partial charge in [-0.15, -0.1) is 0 Å². The number of carbonyl (C=O) groups excluding carboxylic acids is 1. The highest BCUT2D eigenvalue weighted by Gasteiger charge is 2.65. The van der Waals surface area contributed by atoms with E-state index in [0.717, 1.165) is 22.7 Å². The minimum absolute atomic E-state index is 0.285. The van der Waals surface area contributed by atoms with Crippen LogP contribution < -0.4 is 10.1 Å². The van der Waals surface area contributed by atoms with E-state index in [2.05, 4.69) is 19.2 Å². The molecule has 0 radical (unpaired) electrons. The van der Waals surface area contributed by atoms with Gasteiger partial charge in [0, 0.05) is 17.7 Å². The van der Waals surface area contributed by atoms with Crippen LogP contribution >= 0.6 is 0 Å². The molecular weight excluding hydrogens is 250 g/mol. The summed E-state index contributed by atoms with van der Waals surface area (Å²) in [5, 5.41) is 3.36. The topological polar surface area (TPSA) is 38.3 Å². The number of hydrogen-bond donors (Lipinski definition) is 1. The van der Waals surface area contributed by atoms with Crippen LogP contribution in [-0.2, 0) is 4.79 Å². The van der Waals surface area contributed by atoms with Crippen LogP contribution in [0.4, 0.5) is 5.69 Å². The van der Waals surface area contributed by atoms with Gasteiger partial charge < -0.3 is 10.1 Å². The Bertz CT molecular complexity index is 601. The average molecular weight is 271 g/mol. The Labute approximate surface area is 120 Å². The van der Waals surface area contributed by atoms with E-state index in [1.807, 2.05) is 31.2 Å². The second-order valence-corrected chi connectivity index (χ2v) is 6.40. The number of Topliss-reactive ketones (excluding diaryl/α,β-unsaturated/α-hetero) is 1. The zero-order chi connectivity index (χ0) is 14.5. The van der Waals surface area contributed by atoms with Crippen LogP contribution in [-0.4, -0.2) is 12.9 Å². The largest absolute Gasteiger partial charge is 0.495 e. The third-order valence-electron chi connectivity index (χ3n) is 4.90. The van der Waals surface area contributed by atoms with E-state index >= 15 is 0 Å². The van der Waals surface area contributed by atoms with Gasteiger partial charge in [-0.1, -0.05) is 26.0 Å². The first-order valence-corrected chi connectivity index (χ1v) is 7.11. The van der Waals surface area contributed by atoms with E-state index in [4.69, 9.17) is 4.74 Å². The molecule has 2 aliphatic carbocycles. The molecule has 0 aromatic heterocycles. The fraction of sp³-hybridized carbons (Fsp3) is 0.471. The zero-order valence-corrected chi connectivity index (χ0v) is 12.5. The first-order valence-electron chi connectivity index (χ1n) is 7.11. The maximum Gasteiger partial charge on any atom is 0.161 e. The lowest BCUT2D eigenvalue weighted by atomic mass is 9.95. The highest BCUT2D eigenvalue weighted by Crippen LogP contribution is 2.68. The van der Waals surface area contributed by atoms with Crippen molar-refractivity contribution < 1.29 is 9.53 Å². The molecule has 0 heterocycles. The van der Waals surface area contributed by atoms with Crippen LogP contribution in [0.3, 0.4) is 0 Å². The molecule has 106 valence electrons. The molecule has 1 aromatic carbocycles. The van der Waals surface area contributed by atoms with E-state index in [9.17, 15) is 4.79 Å². The van der Waals surface area contributed by atoms with Crippen molar-refractivity contribution in [1.82, 2.24) is 0 Å². The number of hydrogen-bond acceptors (Lipinski definition) is 3. The van der Waals surface area contributed by atoms with Crippen molar-refractivity contribution in [3.05, 3.63) is 35.5 Å². The summed E-state index contributed by atoms with van der Waals surface area (Å²) in [5.74, 6) is 2.07. The van der Waals surface area contributed by atoms with Gasteiger partial charge >= 0.3 is 0 Å². The van der Waals surface area contributed by atoms with Crippen LogP contribution in [0.1, 0.15) is 27.2 Å². The number of ketones is 1. The minimum atomic E-state index is 0.285. The quantitative estimate of drug-likeness (QED) is 0.853. The summed E-state index contributed by atoms with van der Waals surface area (Å²) in [4.78, 5) is 12.2. The number of nitrogens with one attached hydrogen (secondary N) is 1. The number of rotatable bonds is 3. The Kier molecular flexibility index (Phi) is 2.89. The maximum atomic E-state index is 12.2. The van der Waals surface area contributed by atoms with Crippen LogP contribution in [0, 0.1) is 17.3 Å². The molecule has 0 amide bonds. The molecule has 0 bridgehead atoms. The molecule has 2 fully saturated rings. The Morgan fingerprint density at radius 2 is 2.05 bits per heavy atom. The van der Waals surface area contributed by atoms with Crippen molar-refractivity contribution >= 4 is 11.5 Å². The second kappa shape index (κ2) is 4.37. The van der Waals surface area contributed by atoms with E-state index < -0.39 is 0 Å². The predicted octanol–water partition coefficient (Wildman–Crippen LogP) is 3.63. The fourth-order valence-corrected chi connectivity index (χ4v) is 3.64. The monoisotopic (exact) mass is 271 g/mol. The van der Waals surface area contributed by atoms with E-state index in [1.165, 1.54) is 0 Å². The third kappa shape index (κ3) is 1.84. The predicted molar refractivity (Wildman–Crippen MR) is 79.7 cm³/mol. The molecule has 0 unspecified atom stereocenters. The molecule has 0 saturated heterocycles. The molecule has 20 heavy (non-hydrogen) atoms. The van der Waals surface area contributed by atoms with Crippen molar-refractivity contribution in [1.29, 1.82) is 0 Å². The van der Waals surface area contributed by atoms with Crippen molar-refractivity contribution in [3.8, 4) is 5.75 Å². The summed E-state index contributed by atoms with van der Waals surface area (Å²) in [7, 11) is 1.66. The SMILES string of the molecule is COc1ccccc1N/C(C)=C1\C(=O)C[C@H]2[C@@H]1C2(C)C. The van der Waals surface area contributed by atoms with Crippen LogP contribution in [0.15, 0.2) is 35.5 Å². The summed E-state index contributed by atoms with van der Waals surface area (Å²) < 4.78 is 5.34. The minimum Gasteiger partial charge on any atom is -0.495 e. The number of anilines is 1. The van der Waals surface area contributed by atoms with Gasteiger partial charge in [0.25, 0.3) is 0 Å². The first kappa shape index (κ1) is 13.2. The number of para-hydroxylation sites is 2. The summed E-state index contributed by atoms with van der Waals surface area (Å²) in [6, 6.07) is 7.79. The van der Waals surface area contributed by atoms with Gasteiger partial charge in [0.05, 0.1) is 12.8 Å². The summed E-state index contributed by atoms with van der Waals surface area (Å²) in [6.07, 6.45) is 0.706. The lowest BCUT2D eigenvalue weighted by Crippen LogP contribution is -2.12. The van der Waals surface area contributed by atoms with E-state index in [-0.39, 0.29) is 5.41 Å². The number of methoxy groups -OCH3 is 1. The number of allylic oxidation sites excluding steroid dienone is 2. The molecule has 2 atom stereocenters. The van der Waals surface area contributed by atoms with Gasteiger partial charge in [-0.25, -0.2) is 0 Å². The molecule has 1 N–H and O–H groups in total. The van der Waals surface area contributed by atoms with E-state index in [0.29, 0.717) is 24.0 Å². The highest BCUT2D eigenvalue weighted by atomic mass is 16.5. The molecule has 3 rings (SSSR count). The average Bonchev–Trinajstić information content (AvgIpc) is 2.78. The third-order valence-corrected chi connectivity index (χ3v) is 4.90. The van der Waals surface area contributed by atoms with Gasteiger partial charge in [-0.05, 0) is 36.3 Å². The molecule has 0 aliphatic heterocycles. The first-order chi connectivity index (χ1) is 9.46. The molecule has 3 nitrogen and oxygen atoms in total. The van der Waals surface area contributed by atoms with Gasteiger partial charge in [0.1, 0.15) is 5.75 Å². The lowest BCUT2D eigenvalue weighted by molar-refractivity contribution is -0.115. The Morgan fingerprint density at radius 3 is 2.70 bits per heavy atom. The normalized spacial score (nSPS) is 28.9. The lowest BCUT2D eigenvalue weighted by Gasteiger charge is -2.16. The van der Waals surface area contributed by atoms with Gasteiger partial charge in [0.2, 0.25) is 0 Å². The standard InChI is InChI=1S/C17H21NO2/c1-10(18-12-7-5-6-8-14(12)20-4)15-13(19)9-11-16(15)17(11,2)3/h5-8,11,16,18H,9H2,1-4H3/b15-10+/t11-,16-/m0/s1. The molecule has 2 saturated carbocycles. The van der Waals surface area contributed by atoms with Crippen LogP contribution in [0.2, 0.25) is 0 Å².